The zero-order valence-electron chi connectivity index (χ0n) is 13.7. The van der Waals surface area contributed by atoms with Crippen molar-refractivity contribution in [1.82, 2.24) is 5.32 Å². The first-order chi connectivity index (χ1) is 11.8. The number of carbonyl (C=O) groups excluding carboxylic acids is 1. The van der Waals surface area contributed by atoms with Gasteiger partial charge in [0.05, 0.1) is 12.6 Å². The third-order valence-electron chi connectivity index (χ3n) is 4.40. The molecule has 1 amide bonds. The highest BCUT2D eigenvalue weighted by atomic mass is 16.5. The number of hydrogen-bond donors (Lipinski definition) is 2. The summed E-state index contributed by atoms with van der Waals surface area (Å²) in [5.74, 6) is -0.117. The maximum Gasteiger partial charge on any atom is 0.254 e. The Kier molecular flexibility index (Phi) is 5.62. The maximum atomic E-state index is 12.8. The summed E-state index contributed by atoms with van der Waals surface area (Å²) >= 11 is 0. The fourth-order valence-electron chi connectivity index (χ4n) is 3.16. The molecule has 0 aliphatic carbocycles. The van der Waals surface area contributed by atoms with Gasteiger partial charge in [-0.05, 0) is 36.0 Å². The molecule has 0 bridgehead atoms. The fourth-order valence-corrected chi connectivity index (χ4v) is 3.16. The van der Waals surface area contributed by atoms with Gasteiger partial charge in [-0.25, -0.2) is 0 Å². The van der Waals surface area contributed by atoms with Crippen LogP contribution in [0.4, 0.5) is 0 Å². The van der Waals surface area contributed by atoms with Crippen molar-refractivity contribution < 1.29 is 14.6 Å². The Morgan fingerprint density at radius 3 is 2.71 bits per heavy atom. The second kappa shape index (κ2) is 8.08. The Morgan fingerprint density at radius 2 is 1.92 bits per heavy atom. The topological polar surface area (TPSA) is 58.6 Å². The molecule has 1 heterocycles. The molecule has 2 aromatic rings. The van der Waals surface area contributed by atoms with Crippen molar-refractivity contribution in [2.45, 2.75) is 31.4 Å². The molecule has 3 rings (SSSR count). The van der Waals surface area contributed by atoms with Crippen molar-refractivity contribution in [1.29, 1.82) is 0 Å². The van der Waals surface area contributed by atoms with Gasteiger partial charge in [0, 0.05) is 6.61 Å². The van der Waals surface area contributed by atoms with Crippen molar-refractivity contribution in [3.05, 3.63) is 71.3 Å². The first-order valence-corrected chi connectivity index (χ1v) is 8.45. The van der Waals surface area contributed by atoms with Crippen LogP contribution in [0.3, 0.4) is 0 Å². The van der Waals surface area contributed by atoms with Crippen molar-refractivity contribution in [2.75, 3.05) is 13.2 Å². The van der Waals surface area contributed by atoms with E-state index in [9.17, 15) is 4.79 Å². The third kappa shape index (κ3) is 3.83. The van der Waals surface area contributed by atoms with E-state index < -0.39 is 6.10 Å². The highest BCUT2D eigenvalue weighted by Gasteiger charge is 2.28. The summed E-state index contributed by atoms with van der Waals surface area (Å²) in [6, 6.07) is 17.7. The average molecular weight is 325 g/mol. The number of aliphatic hydroxyl groups is 1. The molecule has 0 saturated heterocycles. The van der Waals surface area contributed by atoms with Crippen LogP contribution in [-0.4, -0.2) is 24.2 Å². The molecule has 0 radical (unpaired) electrons. The summed E-state index contributed by atoms with van der Waals surface area (Å²) in [5, 5.41) is 12.2. The summed E-state index contributed by atoms with van der Waals surface area (Å²) in [6.45, 7) is 0.670. The van der Waals surface area contributed by atoms with Gasteiger partial charge in [0.2, 0.25) is 0 Å². The molecule has 126 valence electrons. The standard InChI is InChI=1S/C20H23NO3/c22-13-6-11-18(16-8-2-1-3-9-16)21-20(23)19-17-10-5-4-7-15(17)12-14-24-19/h1-5,7-10,18-19,22H,6,11-14H2,(H,21,23). The minimum atomic E-state index is -0.560. The molecule has 2 unspecified atom stereocenters. The van der Waals surface area contributed by atoms with Gasteiger partial charge < -0.3 is 15.2 Å². The molecule has 4 heteroatoms. The largest absolute Gasteiger partial charge is 0.396 e. The van der Waals surface area contributed by atoms with Gasteiger partial charge in [-0.15, -0.1) is 0 Å². The molecule has 1 aliphatic rings. The monoisotopic (exact) mass is 325 g/mol. The summed E-state index contributed by atoms with van der Waals surface area (Å²) in [6.07, 6.45) is 1.62. The fraction of sp³-hybridized carbons (Fsp3) is 0.350. The predicted molar refractivity (Wildman–Crippen MR) is 92.5 cm³/mol. The quantitative estimate of drug-likeness (QED) is 0.858. The number of rotatable bonds is 6. The third-order valence-corrected chi connectivity index (χ3v) is 4.40. The molecular weight excluding hydrogens is 302 g/mol. The van der Waals surface area contributed by atoms with E-state index in [-0.39, 0.29) is 18.6 Å². The van der Waals surface area contributed by atoms with Crippen LogP contribution in [0.5, 0.6) is 0 Å². The molecule has 0 saturated carbocycles. The minimum absolute atomic E-state index is 0.113. The highest BCUT2D eigenvalue weighted by Crippen LogP contribution is 2.28. The van der Waals surface area contributed by atoms with Crippen LogP contribution in [0, 0.1) is 0 Å². The van der Waals surface area contributed by atoms with Crippen LogP contribution >= 0.6 is 0 Å². The van der Waals surface area contributed by atoms with Gasteiger partial charge in [-0.1, -0.05) is 54.6 Å². The number of aliphatic hydroxyl groups excluding tert-OH is 1. The Balaban J connectivity index is 1.76. The number of hydrogen-bond acceptors (Lipinski definition) is 3. The highest BCUT2D eigenvalue weighted by molar-refractivity contribution is 5.83. The van der Waals surface area contributed by atoms with Crippen LogP contribution in [0.25, 0.3) is 0 Å². The van der Waals surface area contributed by atoms with Crippen LogP contribution in [0.15, 0.2) is 54.6 Å². The molecular formula is C20H23NO3. The number of benzene rings is 2. The zero-order chi connectivity index (χ0) is 16.8. The SMILES string of the molecule is O=C(NC(CCCO)c1ccccc1)C1OCCc2ccccc21. The van der Waals surface area contributed by atoms with Crippen molar-refractivity contribution in [2.24, 2.45) is 0 Å². The minimum Gasteiger partial charge on any atom is -0.396 e. The van der Waals surface area contributed by atoms with Crippen molar-refractivity contribution >= 4 is 5.91 Å². The Hall–Kier alpha value is -2.17. The summed E-state index contributed by atoms with van der Waals surface area (Å²) < 4.78 is 5.75. The molecule has 4 nitrogen and oxygen atoms in total. The van der Waals surface area contributed by atoms with E-state index >= 15 is 0 Å². The number of ether oxygens (including phenoxy) is 1. The summed E-state index contributed by atoms with van der Waals surface area (Å²) in [4.78, 5) is 12.8. The van der Waals surface area contributed by atoms with E-state index in [0.29, 0.717) is 19.4 Å². The molecule has 2 aromatic carbocycles. The number of nitrogens with one attached hydrogen (secondary N) is 1. The normalized spacial score (nSPS) is 17.8. The Morgan fingerprint density at radius 1 is 1.17 bits per heavy atom. The van der Waals surface area contributed by atoms with Crippen LogP contribution in [0.2, 0.25) is 0 Å². The van der Waals surface area contributed by atoms with Crippen molar-refractivity contribution in [3.63, 3.8) is 0 Å². The smallest absolute Gasteiger partial charge is 0.254 e. The van der Waals surface area contributed by atoms with Gasteiger partial charge >= 0.3 is 0 Å². The van der Waals surface area contributed by atoms with Crippen LogP contribution in [0.1, 0.15) is 41.7 Å². The van der Waals surface area contributed by atoms with E-state index in [1.54, 1.807) is 0 Å². The number of fused-ring (bicyclic) bond motifs is 1. The second-order valence-electron chi connectivity index (χ2n) is 6.04. The first kappa shape index (κ1) is 16.7. The number of amides is 1. The zero-order valence-corrected chi connectivity index (χ0v) is 13.7. The van der Waals surface area contributed by atoms with Crippen molar-refractivity contribution in [3.8, 4) is 0 Å². The lowest BCUT2D eigenvalue weighted by Gasteiger charge is -2.27. The molecule has 0 fully saturated rings. The molecule has 0 spiro atoms. The Bertz CT molecular complexity index is 672. The van der Waals surface area contributed by atoms with Gasteiger partial charge in [-0.2, -0.15) is 0 Å². The summed E-state index contributed by atoms with van der Waals surface area (Å²) in [7, 11) is 0. The molecule has 2 atom stereocenters. The van der Waals surface area contributed by atoms with Gasteiger partial charge in [0.15, 0.2) is 6.10 Å². The molecule has 0 aromatic heterocycles. The molecule has 24 heavy (non-hydrogen) atoms. The van der Waals surface area contributed by atoms with E-state index in [2.05, 4.69) is 11.4 Å². The molecule has 1 aliphatic heterocycles. The second-order valence-corrected chi connectivity index (χ2v) is 6.04. The van der Waals surface area contributed by atoms with Gasteiger partial charge in [-0.3, -0.25) is 4.79 Å². The average Bonchev–Trinajstić information content (AvgIpc) is 2.65. The lowest BCUT2D eigenvalue weighted by atomic mass is 9.96. The van der Waals surface area contributed by atoms with Crippen LogP contribution in [-0.2, 0) is 16.0 Å². The summed E-state index contributed by atoms with van der Waals surface area (Å²) in [5.41, 5.74) is 3.18. The van der Waals surface area contributed by atoms with E-state index in [1.165, 1.54) is 5.56 Å². The first-order valence-electron chi connectivity index (χ1n) is 8.45. The lowest BCUT2D eigenvalue weighted by Crippen LogP contribution is -2.36. The van der Waals surface area contributed by atoms with Gasteiger partial charge in [0.1, 0.15) is 0 Å². The lowest BCUT2D eigenvalue weighted by molar-refractivity contribution is -0.135. The number of carbonyl (C=O) groups is 1. The van der Waals surface area contributed by atoms with E-state index in [4.69, 9.17) is 9.84 Å². The maximum absolute atomic E-state index is 12.8. The van der Waals surface area contributed by atoms with E-state index in [0.717, 1.165) is 17.5 Å². The van der Waals surface area contributed by atoms with Crippen LogP contribution < -0.4 is 5.32 Å². The Labute approximate surface area is 142 Å². The molecule has 2 N–H and O–H groups in total. The predicted octanol–water partition coefficient (Wildman–Crippen LogP) is 2.93. The van der Waals surface area contributed by atoms with Gasteiger partial charge in [0.25, 0.3) is 5.91 Å². The van der Waals surface area contributed by atoms with E-state index in [1.807, 2.05) is 48.5 Å².